The summed E-state index contributed by atoms with van der Waals surface area (Å²) in [4.78, 5) is 12.8. The molecule has 1 aliphatic carbocycles. The van der Waals surface area contributed by atoms with Crippen LogP contribution in [0.15, 0.2) is 46.6 Å². The SMILES string of the molecule is CC1=C(C)C(C)=C(C)C(C)(c2ccc(Cl)cc2)C1=O. The van der Waals surface area contributed by atoms with E-state index in [0.29, 0.717) is 5.02 Å². The fourth-order valence-corrected chi connectivity index (χ4v) is 2.91. The van der Waals surface area contributed by atoms with E-state index in [0.717, 1.165) is 22.3 Å². The molecule has 1 atom stereocenters. The summed E-state index contributed by atoms with van der Waals surface area (Å²) in [7, 11) is 0. The van der Waals surface area contributed by atoms with Crippen molar-refractivity contribution in [3.63, 3.8) is 0 Å². The number of hydrogen-bond donors (Lipinski definition) is 0. The van der Waals surface area contributed by atoms with Crippen LogP contribution in [0, 0.1) is 0 Å². The number of ketones is 1. The number of carbonyl (C=O) groups is 1. The average molecular weight is 275 g/mol. The molecule has 0 heterocycles. The monoisotopic (exact) mass is 274 g/mol. The van der Waals surface area contributed by atoms with E-state index in [9.17, 15) is 4.79 Å². The fourth-order valence-electron chi connectivity index (χ4n) is 2.78. The molecule has 1 unspecified atom stereocenters. The van der Waals surface area contributed by atoms with Gasteiger partial charge in [-0.25, -0.2) is 0 Å². The van der Waals surface area contributed by atoms with Crippen molar-refractivity contribution in [2.45, 2.75) is 40.0 Å². The van der Waals surface area contributed by atoms with Gasteiger partial charge in [-0.05, 0) is 69.0 Å². The standard InChI is InChI=1S/C17H19ClO/c1-10-11(2)13(4)17(5,16(19)12(10)3)14-6-8-15(18)9-7-14/h6-9H,1-5H3. The maximum Gasteiger partial charge on any atom is 0.173 e. The maximum absolute atomic E-state index is 12.8. The lowest BCUT2D eigenvalue weighted by atomic mass is 9.65. The molecule has 1 aromatic carbocycles. The summed E-state index contributed by atoms with van der Waals surface area (Å²) in [5, 5.41) is 0.692. The van der Waals surface area contributed by atoms with Gasteiger partial charge < -0.3 is 0 Å². The summed E-state index contributed by atoms with van der Waals surface area (Å²) in [5.41, 5.74) is 4.75. The third kappa shape index (κ3) is 1.97. The van der Waals surface area contributed by atoms with E-state index < -0.39 is 5.41 Å². The molecule has 1 nitrogen and oxygen atoms in total. The molecular formula is C17H19ClO. The predicted molar refractivity (Wildman–Crippen MR) is 80.6 cm³/mol. The molecule has 2 rings (SSSR count). The van der Waals surface area contributed by atoms with Crippen molar-refractivity contribution in [3.8, 4) is 0 Å². The fraction of sp³-hybridized carbons (Fsp3) is 0.353. The molecule has 0 radical (unpaired) electrons. The van der Waals surface area contributed by atoms with Crippen molar-refractivity contribution >= 4 is 17.4 Å². The van der Waals surface area contributed by atoms with Crippen LogP contribution in [0.5, 0.6) is 0 Å². The quantitative estimate of drug-likeness (QED) is 0.715. The highest BCUT2D eigenvalue weighted by Crippen LogP contribution is 2.42. The summed E-state index contributed by atoms with van der Waals surface area (Å²) < 4.78 is 0. The first-order valence-electron chi connectivity index (χ1n) is 6.46. The molecular weight excluding hydrogens is 256 g/mol. The second-order valence-electron chi connectivity index (χ2n) is 5.46. The van der Waals surface area contributed by atoms with E-state index in [1.54, 1.807) is 0 Å². The molecule has 2 heteroatoms. The predicted octanol–water partition coefficient (Wildman–Crippen LogP) is 4.85. The Kier molecular flexibility index (Phi) is 3.44. The molecule has 1 aliphatic rings. The molecule has 0 amide bonds. The number of halogens is 1. The Balaban J connectivity index is 2.67. The molecule has 1 aromatic rings. The van der Waals surface area contributed by atoms with Gasteiger partial charge in [0.05, 0.1) is 5.41 Å². The highest BCUT2D eigenvalue weighted by molar-refractivity contribution is 6.30. The minimum absolute atomic E-state index is 0.190. The van der Waals surface area contributed by atoms with Gasteiger partial charge in [-0.1, -0.05) is 29.3 Å². The summed E-state index contributed by atoms with van der Waals surface area (Å²) in [6, 6.07) is 7.59. The van der Waals surface area contributed by atoms with Crippen LogP contribution >= 0.6 is 11.6 Å². The Labute approximate surface area is 120 Å². The van der Waals surface area contributed by atoms with Crippen LogP contribution in [0.25, 0.3) is 0 Å². The van der Waals surface area contributed by atoms with Gasteiger partial charge in [-0.2, -0.15) is 0 Å². The van der Waals surface area contributed by atoms with Gasteiger partial charge in [0.2, 0.25) is 0 Å². The minimum Gasteiger partial charge on any atom is -0.293 e. The van der Waals surface area contributed by atoms with Gasteiger partial charge in [-0.3, -0.25) is 4.79 Å². The van der Waals surface area contributed by atoms with E-state index >= 15 is 0 Å². The second-order valence-corrected chi connectivity index (χ2v) is 5.90. The maximum atomic E-state index is 12.8. The van der Waals surface area contributed by atoms with Crippen molar-refractivity contribution in [1.29, 1.82) is 0 Å². The first-order chi connectivity index (χ1) is 8.80. The van der Waals surface area contributed by atoms with Gasteiger partial charge >= 0.3 is 0 Å². The van der Waals surface area contributed by atoms with Crippen LogP contribution < -0.4 is 0 Å². The van der Waals surface area contributed by atoms with E-state index in [1.165, 1.54) is 5.57 Å². The number of benzene rings is 1. The van der Waals surface area contributed by atoms with Gasteiger partial charge in [0, 0.05) is 5.02 Å². The summed E-state index contributed by atoms with van der Waals surface area (Å²) in [6.45, 7) is 10.1. The first kappa shape index (κ1) is 14.1. The molecule has 0 aromatic heterocycles. The highest BCUT2D eigenvalue weighted by atomic mass is 35.5. The van der Waals surface area contributed by atoms with Crippen LogP contribution in [-0.4, -0.2) is 5.78 Å². The summed E-state index contributed by atoms with van der Waals surface area (Å²) in [5.74, 6) is 0.190. The van der Waals surface area contributed by atoms with Crippen molar-refractivity contribution in [3.05, 3.63) is 57.1 Å². The van der Waals surface area contributed by atoms with Crippen molar-refractivity contribution in [2.75, 3.05) is 0 Å². The number of carbonyl (C=O) groups excluding carboxylic acids is 1. The van der Waals surface area contributed by atoms with Gasteiger partial charge in [0.15, 0.2) is 5.78 Å². The lowest BCUT2D eigenvalue weighted by Crippen LogP contribution is -2.38. The number of Topliss-reactive ketones (excluding diaryl/α,β-unsaturated/α-hetero) is 1. The number of allylic oxidation sites excluding steroid dienone is 4. The highest BCUT2D eigenvalue weighted by Gasteiger charge is 2.41. The van der Waals surface area contributed by atoms with Gasteiger partial charge in [-0.15, -0.1) is 0 Å². The molecule has 100 valence electrons. The van der Waals surface area contributed by atoms with E-state index in [4.69, 9.17) is 11.6 Å². The second kappa shape index (κ2) is 4.64. The van der Waals surface area contributed by atoms with E-state index in [1.807, 2.05) is 45.0 Å². The Hall–Kier alpha value is -1.34. The molecule has 0 aliphatic heterocycles. The van der Waals surface area contributed by atoms with Crippen molar-refractivity contribution in [1.82, 2.24) is 0 Å². The van der Waals surface area contributed by atoms with Crippen LogP contribution in [-0.2, 0) is 10.2 Å². The molecule has 0 fully saturated rings. The lowest BCUT2D eigenvalue weighted by molar-refractivity contribution is -0.119. The van der Waals surface area contributed by atoms with Crippen molar-refractivity contribution in [2.24, 2.45) is 0 Å². The topological polar surface area (TPSA) is 17.1 Å². The molecule has 0 saturated carbocycles. The van der Waals surface area contributed by atoms with Gasteiger partial charge in [0.1, 0.15) is 0 Å². The van der Waals surface area contributed by atoms with Gasteiger partial charge in [0.25, 0.3) is 0 Å². The molecule has 0 N–H and O–H groups in total. The molecule has 0 saturated heterocycles. The van der Waals surface area contributed by atoms with Crippen LogP contribution in [0.3, 0.4) is 0 Å². The normalized spacial score (nSPS) is 24.2. The first-order valence-corrected chi connectivity index (χ1v) is 6.84. The van der Waals surface area contributed by atoms with E-state index in [-0.39, 0.29) is 5.78 Å². The van der Waals surface area contributed by atoms with E-state index in [2.05, 4.69) is 13.8 Å². The molecule has 0 bridgehead atoms. The zero-order valence-corrected chi connectivity index (χ0v) is 12.9. The third-order valence-corrected chi connectivity index (χ3v) is 4.91. The van der Waals surface area contributed by atoms with Crippen LogP contribution in [0.4, 0.5) is 0 Å². The Morgan fingerprint density at radius 2 is 1.42 bits per heavy atom. The van der Waals surface area contributed by atoms with Crippen LogP contribution in [0.2, 0.25) is 5.02 Å². The zero-order chi connectivity index (χ0) is 14.4. The Bertz CT molecular complexity index is 605. The number of rotatable bonds is 1. The lowest BCUT2D eigenvalue weighted by Gasteiger charge is -2.36. The Morgan fingerprint density at radius 3 is 1.95 bits per heavy atom. The Morgan fingerprint density at radius 1 is 0.895 bits per heavy atom. The minimum atomic E-state index is -0.571. The molecule has 19 heavy (non-hydrogen) atoms. The third-order valence-electron chi connectivity index (χ3n) is 4.65. The summed E-state index contributed by atoms with van der Waals surface area (Å²) in [6.07, 6.45) is 0. The smallest absolute Gasteiger partial charge is 0.173 e. The van der Waals surface area contributed by atoms with Crippen LogP contribution in [0.1, 0.15) is 40.2 Å². The molecule has 0 spiro atoms. The van der Waals surface area contributed by atoms with Crippen molar-refractivity contribution < 1.29 is 4.79 Å². The zero-order valence-electron chi connectivity index (χ0n) is 12.1. The largest absolute Gasteiger partial charge is 0.293 e. The number of hydrogen-bond acceptors (Lipinski definition) is 1. The summed E-state index contributed by atoms with van der Waals surface area (Å²) >= 11 is 5.94. The average Bonchev–Trinajstić information content (AvgIpc) is 2.41.